The first-order valence-electron chi connectivity index (χ1n) is 13.5. The molecule has 1 N–H and O–H groups in total. The number of halogens is 1. The third kappa shape index (κ3) is 7.32. The molecule has 0 saturated carbocycles. The minimum Gasteiger partial charge on any atom is -0.447 e. The summed E-state index contributed by atoms with van der Waals surface area (Å²) in [4.78, 5) is 38.3. The van der Waals surface area contributed by atoms with Gasteiger partial charge in [0.1, 0.15) is 6.61 Å². The van der Waals surface area contributed by atoms with E-state index in [4.69, 9.17) is 26.1 Å². The Balaban J connectivity index is 1.73. The Morgan fingerprint density at radius 3 is 2.51 bits per heavy atom. The van der Waals surface area contributed by atoms with Crippen molar-refractivity contribution in [2.45, 2.75) is 32.0 Å². The van der Waals surface area contributed by atoms with Crippen LogP contribution in [0, 0.1) is 0 Å². The number of hydrogen-bond acceptors (Lipinski definition) is 7. The van der Waals surface area contributed by atoms with Gasteiger partial charge >= 0.3 is 6.09 Å². The quantitative estimate of drug-likeness (QED) is 0.383. The summed E-state index contributed by atoms with van der Waals surface area (Å²) in [7, 11) is 3.34. The topological polar surface area (TPSA) is 102 Å². The van der Waals surface area contributed by atoms with Crippen molar-refractivity contribution < 1.29 is 19.1 Å². The number of nitrogens with zero attached hydrogens (tertiary/aromatic N) is 5. The van der Waals surface area contributed by atoms with Crippen LogP contribution in [-0.2, 0) is 21.3 Å². The Kier molecular flexibility index (Phi) is 10.1. The molecule has 1 aromatic carbocycles. The average molecular weight is 581 g/mol. The molecule has 4 rings (SSSR count). The van der Waals surface area contributed by atoms with E-state index in [0.717, 1.165) is 22.5 Å². The first-order chi connectivity index (χ1) is 19.7. The second kappa shape index (κ2) is 13.8. The number of rotatable bonds is 10. The van der Waals surface area contributed by atoms with Gasteiger partial charge in [-0.2, -0.15) is 0 Å². The normalized spacial score (nSPS) is 15.4. The Morgan fingerprint density at radius 2 is 1.90 bits per heavy atom. The van der Waals surface area contributed by atoms with Crippen molar-refractivity contribution in [1.82, 2.24) is 29.7 Å². The minimum atomic E-state index is -0.589. The summed E-state index contributed by atoms with van der Waals surface area (Å²) < 4.78 is 12.3. The van der Waals surface area contributed by atoms with Gasteiger partial charge in [0.25, 0.3) is 0 Å². The predicted octanol–water partition coefficient (Wildman–Crippen LogP) is 4.24. The van der Waals surface area contributed by atoms with Crippen molar-refractivity contribution in [3.8, 4) is 0 Å². The molecule has 0 radical (unpaired) electrons. The fourth-order valence-electron chi connectivity index (χ4n) is 5.04. The molecule has 1 saturated heterocycles. The van der Waals surface area contributed by atoms with Crippen LogP contribution in [0.15, 0.2) is 61.7 Å². The fraction of sp³-hybridized carbons (Fsp3) is 0.400. The van der Waals surface area contributed by atoms with Crippen LogP contribution in [0.2, 0.25) is 5.02 Å². The van der Waals surface area contributed by atoms with Crippen molar-refractivity contribution in [2.24, 2.45) is 7.05 Å². The molecule has 3 heterocycles. The molecule has 3 aromatic rings. The third-order valence-corrected chi connectivity index (χ3v) is 7.21. The highest BCUT2D eigenvalue weighted by atomic mass is 35.5. The zero-order valence-corrected chi connectivity index (χ0v) is 24.7. The zero-order chi connectivity index (χ0) is 29.5. The summed E-state index contributed by atoms with van der Waals surface area (Å²) in [6.07, 6.45) is 4.67. The predicted molar refractivity (Wildman–Crippen MR) is 157 cm³/mol. The number of piperazine rings is 1. The number of ether oxygens (including phenoxy) is 2. The van der Waals surface area contributed by atoms with E-state index in [1.54, 1.807) is 23.6 Å². The van der Waals surface area contributed by atoms with Gasteiger partial charge in [0, 0.05) is 51.6 Å². The monoisotopic (exact) mass is 580 g/mol. The van der Waals surface area contributed by atoms with E-state index in [1.807, 2.05) is 61.9 Å². The largest absolute Gasteiger partial charge is 0.447 e. The van der Waals surface area contributed by atoms with Crippen LogP contribution in [0.4, 0.5) is 4.79 Å². The number of benzene rings is 1. The molecule has 218 valence electrons. The van der Waals surface area contributed by atoms with Crippen molar-refractivity contribution in [2.75, 3.05) is 39.9 Å². The molecule has 0 spiro atoms. The smallest absolute Gasteiger partial charge is 0.410 e. The van der Waals surface area contributed by atoms with Gasteiger partial charge in [0.2, 0.25) is 5.91 Å². The summed E-state index contributed by atoms with van der Waals surface area (Å²) in [6.45, 7) is 10.3. The van der Waals surface area contributed by atoms with Gasteiger partial charge in [-0.1, -0.05) is 30.3 Å². The zero-order valence-electron chi connectivity index (χ0n) is 23.9. The van der Waals surface area contributed by atoms with Crippen molar-refractivity contribution in [1.29, 1.82) is 0 Å². The number of imidazole rings is 1. The van der Waals surface area contributed by atoms with Gasteiger partial charge in [-0.3, -0.25) is 14.7 Å². The molecule has 2 unspecified atom stereocenters. The molecular weight excluding hydrogens is 544 g/mol. The van der Waals surface area contributed by atoms with Crippen molar-refractivity contribution in [3.05, 3.63) is 89.2 Å². The Labute approximate surface area is 245 Å². The van der Waals surface area contributed by atoms with Crippen molar-refractivity contribution >= 4 is 29.2 Å². The van der Waals surface area contributed by atoms with Crippen LogP contribution in [-0.4, -0.2) is 82.3 Å². The van der Waals surface area contributed by atoms with Crippen LogP contribution in [0.1, 0.15) is 48.4 Å². The maximum absolute atomic E-state index is 12.7. The molecule has 0 aliphatic carbocycles. The number of hydrogen-bond donors (Lipinski definition) is 1. The molecule has 1 aliphatic rings. The Hall–Kier alpha value is -3.73. The number of aromatic nitrogens is 3. The molecule has 0 bridgehead atoms. The van der Waals surface area contributed by atoms with Gasteiger partial charge in [-0.15, -0.1) is 0 Å². The Bertz CT molecular complexity index is 1350. The Morgan fingerprint density at radius 1 is 1.15 bits per heavy atom. The summed E-state index contributed by atoms with van der Waals surface area (Å²) in [6, 6.07) is 10.7. The molecule has 1 fully saturated rings. The minimum absolute atomic E-state index is 0.0931. The van der Waals surface area contributed by atoms with Crippen LogP contribution in [0.5, 0.6) is 0 Å². The van der Waals surface area contributed by atoms with E-state index >= 15 is 0 Å². The maximum Gasteiger partial charge on any atom is 0.410 e. The molecule has 2 aromatic heterocycles. The summed E-state index contributed by atoms with van der Waals surface area (Å²) in [5.74, 6) is -0.283. The van der Waals surface area contributed by atoms with Gasteiger partial charge in [-0.05, 0) is 54.8 Å². The molecule has 2 atom stereocenters. The number of amides is 2. The van der Waals surface area contributed by atoms with Crippen LogP contribution < -0.4 is 5.32 Å². The van der Waals surface area contributed by atoms with Gasteiger partial charge < -0.3 is 24.3 Å². The average Bonchev–Trinajstić information content (AvgIpc) is 3.38. The number of carbonyl (C=O) groups is 2. The number of methoxy groups -OCH3 is 1. The summed E-state index contributed by atoms with van der Waals surface area (Å²) in [5, 5.41) is 3.58. The van der Waals surface area contributed by atoms with E-state index in [9.17, 15) is 9.59 Å². The lowest BCUT2D eigenvalue weighted by atomic mass is 9.88. The molecule has 11 heteroatoms. The van der Waals surface area contributed by atoms with Gasteiger partial charge in [0.15, 0.2) is 0 Å². The highest BCUT2D eigenvalue weighted by Gasteiger charge is 2.33. The van der Waals surface area contributed by atoms with Gasteiger partial charge in [0.05, 0.1) is 42.1 Å². The molecule has 1 aliphatic heterocycles. The van der Waals surface area contributed by atoms with E-state index in [2.05, 4.69) is 21.8 Å². The lowest BCUT2D eigenvalue weighted by Crippen LogP contribution is -2.50. The van der Waals surface area contributed by atoms with E-state index < -0.39 is 6.04 Å². The summed E-state index contributed by atoms with van der Waals surface area (Å²) >= 11 is 6.56. The molecule has 2 amide bonds. The lowest BCUT2D eigenvalue weighted by molar-refractivity contribution is -0.125. The lowest BCUT2D eigenvalue weighted by Gasteiger charge is -2.40. The second-order valence-electron chi connectivity index (χ2n) is 10.2. The van der Waals surface area contributed by atoms with E-state index in [0.29, 0.717) is 36.8 Å². The SMILES string of the molecule is C=C(c1cc(Cl)ccc1C(c1ccccn1)N1CCN(C(=O)OC(C)C)CC1)C(NC(=O)COC)c1cncn1C. The van der Waals surface area contributed by atoms with Crippen LogP contribution in [0.3, 0.4) is 0 Å². The number of nitrogens with one attached hydrogen (secondary N) is 1. The molecule has 41 heavy (non-hydrogen) atoms. The third-order valence-electron chi connectivity index (χ3n) is 6.98. The number of aryl methyl sites for hydroxylation is 1. The molecule has 10 nitrogen and oxygen atoms in total. The number of carbonyl (C=O) groups excluding carboxylic acids is 2. The fourth-order valence-corrected chi connectivity index (χ4v) is 5.21. The highest BCUT2D eigenvalue weighted by Crippen LogP contribution is 2.38. The van der Waals surface area contributed by atoms with Crippen molar-refractivity contribution in [3.63, 3.8) is 0 Å². The first-order valence-corrected chi connectivity index (χ1v) is 13.9. The van der Waals surface area contributed by atoms with Crippen LogP contribution in [0.25, 0.3) is 5.57 Å². The van der Waals surface area contributed by atoms with E-state index in [-0.39, 0.29) is 30.8 Å². The van der Waals surface area contributed by atoms with Crippen LogP contribution >= 0.6 is 11.6 Å². The highest BCUT2D eigenvalue weighted by molar-refractivity contribution is 6.30. The second-order valence-corrected chi connectivity index (χ2v) is 10.7. The summed E-state index contributed by atoms with van der Waals surface area (Å²) in [5.41, 5.74) is 3.98. The number of pyridine rings is 1. The van der Waals surface area contributed by atoms with E-state index in [1.165, 1.54) is 7.11 Å². The standard InChI is InChI=1S/C30H37ClN6O4/c1-20(2)41-30(39)37-14-12-36(13-15-37)29(25-8-6-7-11-33-25)23-10-9-22(31)16-24(23)21(3)28(34-27(38)18-40-5)26-17-32-19-35(26)4/h6-11,16-17,19-20,28-29H,3,12-15,18H2,1-2,4-5H3,(H,34,38). The molecular formula is C30H37ClN6O4. The first kappa shape index (κ1) is 30.2. The maximum atomic E-state index is 12.7. The van der Waals surface area contributed by atoms with Gasteiger partial charge in [-0.25, -0.2) is 9.78 Å².